The average molecular weight is 570 g/mol. The predicted octanol–water partition coefficient (Wildman–Crippen LogP) is 3.86. The summed E-state index contributed by atoms with van der Waals surface area (Å²) < 4.78 is 46.0. The topological polar surface area (TPSA) is 106 Å². The fourth-order valence-electron chi connectivity index (χ4n) is 2.76. The Morgan fingerprint density at radius 2 is 1.72 bits per heavy atom. The lowest BCUT2D eigenvalue weighted by Gasteiger charge is -2.09. The minimum Gasteiger partial charge on any atom is -0.497 e. The molecule has 0 saturated carbocycles. The van der Waals surface area contributed by atoms with Crippen LogP contribution in [0.2, 0.25) is 0 Å². The maximum absolute atomic E-state index is 13.3. The molecule has 3 rings (SSSR count). The molecule has 4 N–H and O–H groups in total. The number of anilines is 1. The van der Waals surface area contributed by atoms with E-state index >= 15 is 0 Å². The van der Waals surface area contributed by atoms with E-state index in [1.807, 2.05) is 0 Å². The van der Waals surface area contributed by atoms with Gasteiger partial charge in [-0.15, -0.1) is 24.0 Å². The molecule has 0 aliphatic rings. The van der Waals surface area contributed by atoms with Crippen molar-refractivity contribution >= 4 is 45.6 Å². The van der Waals surface area contributed by atoms with Gasteiger partial charge in [-0.05, 0) is 59.7 Å². The molecule has 32 heavy (non-hydrogen) atoms. The SMILES string of the molecule is COc1ccc(NC(N)=NCc2cccc(S(=O)(=O)NCc3cccc(F)c3)c2)cc1.I. The van der Waals surface area contributed by atoms with E-state index in [2.05, 4.69) is 15.0 Å². The Bertz CT molecular complexity index is 1170. The second kappa shape index (κ2) is 11.8. The zero-order valence-corrected chi connectivity index (χ0v) is 20.4. The summed E-state index contributed by atoms with van der Waals surface area (Å²) in [7, 11) is -2.18. The van der Waals surface area contributed by atoms with Gasteiger partial charge in [0.15, 0.2) is 5.96 Å². The number of ether oxygens (including phenoxy) is 1. The van der Waals surface area contributed by atoms with Gasteiger partial charge in [0, 0.05) is 12.2 Å². The van der Waals surface area contributed by atoms with E-state index in [-0.39, 0.29) is 47.9 Å². The van der Waals surface area contributed by atoms with Crippen LogP contribution in [0.5, 0.6) is 5.75 Å². The molecule has 0 saturated heterocycles. The van der Waals surface area contributed by atoms with E-state index < -0.39 is 15.8 Å². The Balaban J connectivity index is 0.00000363. The van der Waals surface area contributed by atoms with Gasteiger partial charge in [0.25, 0.3) is 0 Å². The van der Waals surface area contributed by atoms with Gasteiger partial charge in [-0.2, -0.15) is 0 Å². The lowest BCUT2D eigenvalue weighted by Crippen LogP contribution is -2.23. The highest BCUT2D eigenvalue weighted by molar-refractivity contribution is 14.0. The molecule has 0 atom stereocenters. The fraction of sp³-hybridized carbons (Fsp3) is 0.136. The highest BCUT2D eigenvalue weighted by Crippen LogP contribution is 2.16. The number of halogens is 2. The van der Waals surface area contributed by atoms with Gasteiger partial charge < -0.3 is 15.8 Å². The molecule has 3 aromatic rings. The molecule has 170 valence electrons. The summed E-state index contributed by atoms with van der Waals surface area (Å²) in [5.74, 6) is 0.505. The summed E-state index contributed by atoms with van der Waals surface area (Å²) >= 11 is 0. The van der Waals surface area contributed by atoms with Gasteiger partial charge >= 0.3 is 0 Å². The Labute approximate surface area is 204 Å². The van der Waals surface area contributed by atoms with E-state index in [1.165, 1.54) is 30.3 Å². The van der Waals surface area contributed by atoms with E-state index in [1.54, 1.807) is 49.6 Å². The number of methoxy groups -OCH3 is 1. The minimum atomic E-state index is -3.77. The van der Waals surface area contributed by atoms with E-state index in [9.17, 15) is 12.8 Å². The van der Waals surface area contributed by atoms with Crippen molar-refractivity contribution in [2.24, 2.45) is 10.7 Å². The number of aliphatic imine (C=N–C) groups is 1. The van der Waals surface area contributed by atoms with Crippen LogP contribution in [0.1, 0.15) is 11.1 Å². The lowest BCUT2D eigenvalue weighted by atomic mass is 10.2. The number of nitrogens with one attached hydrogen (secondary N) is 2. The van der Waals surface area contributed by atoms with Crippen molar-refractivity contribution in [2.75, 3.05) is 12.4 Å². The molecule has 0 heterocycles. The third-order valence-corrected chi connectivity index (χ3v) is 5.76. The minimum absolute atomic E-state index is 0. The molecule has 0 unspecified atom stereocenters. The second-order valence-corrected chi connectivity index (χ2v) is 8.42. The van der Waals surface area contributed by atoms with E-state index in [4.69, 9.17) is 10.5 Å². The first-order chi connectivity index (χ1) is 14.9. The number of guanidine groups is 1. The zero-order chi connectivity index (χ0) is 22.3. The van der Waals surface area contributed by atoms with Gasteiger partial charge in [0.2, 0.25) is 10.0 Å². The summed E-state index contributed by atoms with van der Waals surface area (Å²) in [5.41, 5.74) is 7.87. The number of nitrogens with zero attached hydrogens (tertiary/aromatic N) is 1. The maximum atomic E-state index is 13.3. The van der Waals surface area contributed by atoms with Crippen molar-refractivity contribution in [3.05, 3.63) is 89.7 Å². The third kappa shape index (κ3) is 7.46. The van der Waals surface area contributed by atoms with Crippen LogP contribution in [0.25, 0.3) is 0 Å². The van der Waals surface area contributed by atoms with Crippen LogP contribution in [-0.4, -0.2) is 21.5 Å². The van der Waals surface area contributed by atoms with Gasteiger partial charge in [0.1, 0.15) is 11.6 Å². The summed E-state index contributed by atoms with van der Waals surface area (Å²) in [4.78, 5) is 4.35. The summed E-state index contributed by atoms with van der Waals surface area (Å²) in [5, 5.41) is 2.96. The first-order valence-corrected chi connectivity index (χ1v) is 10.9. The third-order valence-electron chi connectivity index (χ3n) is 4.36. The monoisotopic (exact) mass is 570 g/mol. The molecular formula is C22H24FIN4O3S. The Morgan fingerprint density at radius 1 is 1.03 bits per heavy atom. The maximum Gasteiger partial charge on any atom is 0.240 e. The van der Waals surface area contributed by atoms with Crippen LogP contribution in [0.15, 0.2) is 82.7 Å². The quantitative estimate of drug-likeness (QED) is 0.217. The number of hydrogen-bond acceptors (Lipinski definition) is 4. The van der Waals surface area contributed by atoms with Crippen molar-refractivity contribution < 1.29 is 17.5 Å². The first kappa shape index (κ1) is 25.6. The first-order valence-electron chi connectivity index (χ1n) is 9.40. The highest BCUT2D eigenvalue weighted by Gasteiger charge is 2.14. The molecular weight excluding hydrogens is 546 g/mol. The molecule has 0 spiro atoms. The molecule has 3 aromatic carbocycles. The van der Waals surface area contributed by atoms with Crippen molar-refractivity contribution in [3.8, 4) is 5.75 Å². The Kier molecular flexibility index (Phi) is 9.42. The number of nitrogens with two attached hydrogens (primary N) is 1. The number of benzene rings is 3. The molecule has 0 aliphatic carbocycles. The highest BCUT2D eigenvalue weighted by atomic mass is 127. The van der Waals surface area contributed by atoms with Gasteiger partial charge in [-0.25, -0.2) is 22.5 Å². The Morgan fingerprint density at radius 3 is 2.41 bits per heavy atom. The second-order valence-electron chi connectivity index (χ2n) is 6.66. The number of sulfonamides is 1. The summed E-state index contributed by atoms with van der Waals surface area (Å²) in [6, 6.07) is 19.4. The van der Waals surface area contributed by atoms with Crippen LogP contribution in [0.3, 0.4) is 0 Å². The zero-order valence-electron chi connectivity index (χ0n) is 17.3. The van der Waals surface area contributed by atoms with Crippen molar-refractivity contribution in [2.45, 2.75) is 18.0 Å². The van der Waals surface area contributed by atoms with Crippen LogP contribution in [0, 0.1) is 5.82 Å². The van der Waals surface area contributed by atoms with E-state index in [0.29, 0.717) is 11.1 Å². The van der Waals surface area contributed by atoms with E-state index in [0.717, 1.165) is 11.4 Å². The molecule has 0 bridgehead atoms. The predicted molar refractivity (Wildman–Crippen MR) is 134 cm³/mol. The van der Waals surface area contributed by atoms with Gasteiger partial charge in [-0.3, -0.25) is 0 Å². The van der Waals surface area contributed by atoms with Crippen molar-refractivity contribution in [1.82, 2.24) is 4.72 Å². The number of hydrogen-bond donors (Lipinski definition) is 3. The van der Waals surface area contributed by atoms with Crippen LogP contribution >= 0.6 is 24.0 Å². The molecule has 0 amide bonds. The van der Waals surface area contributed by atoms with Gasteiger partial charge in [-0.1, -0.05) is 24.3 Å². The molecule has 7 nitrogen and oxygen atoms in total. The fourth-order valence-corrected chi connectivity index (χ4v) is 3.85. The van der Waals surface area contributed by atoms with Crippen LogP contribution in [0.4, 0.5) is 10.1 Å². The standard InChI is InChI=1S/C22H23FN4O3S.HI/c1-30-20-10-8-19(9-11-20)27-22(24)25-14-17-5-3-7-21(13-17)31(28,29)26-15-16-4-2-6-18(23)12-16;/h2-13,26H,14-15H2,1H3,(H3,24,25,27);1H. The van der Waals surface area contributed by atoms with Crippen LogP contribution < -0.4 is 20.5 Å². The molecule has 0 radical (unpaired) electrons. The molecule has 0 fully saturated rings. The molecule has 0 aliphatic heterocycles. The van der Waals surface area contributed by atoms with Crippen LogP contribution in [-0.2, 0) is 23.1 Å². The number of rotatable bonds is 8. The summed E-state index contributed by atoms with van der Waals surface area (Å²) in [6.45, 7) is 0.184. The Hall–Kier alpha value is -2.70. The largest absolute Gasteiger partial charge is 0.497 e. The molecule has 10 heteroatoms. The normalized spacial score (nSPS) is 11.5. The average Bonchev–Trinajstić information content (AvgIpc) is 2.77. The van der Waals surface area contributed by atoms with Crippen molar-refractivity contribution in [3.63, 3.8) is 0 Å². The summed E-state index contributed by atoms with van der Waals surface area (Å²) in [6.07, 6.45) is 0. The van der Waals surface area contributed by atoms with Gasteiger partial charge in [0.05, 0.1) is 18.6 Å². The molecule has 0 aromatic heterocycles. The lowest BCUT2D eigenvalue weighted by molar-refractivity contribution is 0.415. The van der Waals surface area contributed by atoms with Crippen molar-refractivity contribution in [1.29, 1.82) is 0 Å². The smallest absolute Gasteiger partial charge is 0.240 e.